The van der Waals surface area contributed by atoms with Crippen LogP contribution in [0, 0.1) is 0 Å². The molecule has 3 aromatic heterocycles. The van der Waals surface area contributed by atoms with Gasteiger partial charge in [-0.15, -0.1) is 0 Å². The molecule has 0 amide bonds. The van der Waals surface area contributed by atoms with Gasteiger partial charge >= 0.3 is 0 Å². The average Bonchev–Trinajstić information content (AvgIpc) is 3.21. The summed E-state index contributed by atoms with van der Waals surface area (Å²) in [5, 5.41) is 4.14. The zero-order chi connectivity index (χ0) is 33.3. The minimum Gasteiger partial charge on any atom is -0.264 e. The number of rotatable bonds is 6. The highest BCUT2D eigenvalue weighted by Crippen LogP contribution is 2.44. The summed E-state index contributed by atoms with van der Waals surface area (Å²) in [7, 11) is 0. The van der Waals surface area contributed by atoms with Gasteiger partial charge in [-0.2, -0.15) is 0 Å². The standard InChI is InChI=1S/C45H29N5/c1-5-15-30(16-6-1)38-27-40(49-44(47-38)32-19-9-3-10-20-32)42-34-23-13-14-24-35(34)43(37-29-46-26-25-36(37)42)41-28-39(31-17-7-2-8-18-31)48-45(50-41)33-21-11-4-12-22-33/h1-29H. The molecule has 0 spiro atoms. The van der Waals surface area contributed by atoms with Gasteiger partial charge in [-0.25, -0.2) is 19.9 Å². The lowest BCUT2D eigenvalue weighted by Crippen LogP contribution is -2.00. The van der Waals surface area contributed by atoms with Crippen molar-refractivity contribution < 1.29 is 0 Å². The lowest BCUT2D eigenvalue weighted by molar-refractivity contribution is 1.18. The summed E-state index contributed by atoms with van der Waals surface area (Å²) in [6.07, 6.45) is 3.80. The molecule has 5 nitrogen and oxygen atoms in total. The highest BCUT2D eigenvalue weighted by atomic mass is 14.9. The third kappa shape index (κ3) is 5.37. The van der Waals surface area contributed by atoms with Crippen molar-refractivity contribution in [1.29, 1.82) is 0 Å². The predicted octanol–water partition coefficient (Wildman–Crippen LogP) is 11.0. The number of aromatic nitrogens is 5. The monoisotopic (exact) mass is 639 g/mol. The van der Waals surface area contributed by atoms with Crippen LogP contribution in [0.3, 0.4) is 0 Å². The van der Waals surface area contributed by atoms with E-state index in [2.05, 4.69) is 96.0 Å². The molecule has 0 N–H and O–H groups in total. The molecule has 0 aliphatic rings. The van der Waals surface area contributed by atoms with Gasteiger partial charge in [0.1, 0.15) is 0 Å². The van der Waals surface area contributed by atoms with Crippen LogP contribution < -0.4 is 0 Å². The Bertz CT molecular complexity index is 2270. The zero-order valence-corrected chi connectivity index (χ0v) is 27.0. The van der Waals surface area contributed by atoms with Crippen molar-refractivity contribution >= 4 is 21.5 Å². The molecule has 9 aromatic rings. The lowest BCUT2D eigenvalue weighted by Gasteiger charge is -2.18. The number of benzene rings is 6. The second-order valence-electron chi connectivity index (χ2n) is 12.1. The molecule has 5 heteroatoms. The van der Waals surface area contributed by atoms with Gasteiger partial charge in [0, 0.05) is 51.2 Å². The van der Waals surface area contributed by atoms with E-state index in [4.69, 9.17) is 19.9 Å². The summed E-state index contributed by atoms with van der Waals surface area (Å²) in [4.78, 5) is 25.3. The molecule has 0 saturated heterocycles. The van der Waals surface area contributed by atoms with Crippen LogP contribution in [-0.4, -0.2) is 24.9 Å². The van der Waals surface area contributed by atoms with Gasteiger partial charge in [-0.05, 0) is 34.4 Å². The molecule has 0 unspecified atom stereocenters. The van der Waals surface area contributed by atoms with Gasteiger partial charge in [-0.1, -0.05) is 146 Å². The van der Waals surface area contributed by atoms with Crippen molar-refractivity contribution in [3.8, 4) is 67.8 Å². The van der Waals surface area contributed by atoms with Crippen molar-refractivity contribution in [2.24, 2.45) is 0 Å². The van der Waals surface area contributed by atoms with E-state index in [-0.39, 0.29) is 0 Å². The van der Waals surface area contributed by atoms with Crippen molar-refractivity contribution in [2.75, 3.05) is 0 Å². The Morgan fingerprint density at radius 3 is 1.12 bits per heavy atom. The van der Waals surface area contributed by atoms with E-state index in [0.717, 1.165) is 77.7 Å². The first kappa shape index (κ1) is 29.3. The van der Waals surface area contributed by atoms with E-state index in [0.29, 0.717) is 11.6 Å². The molecule has 0 saturated carbocycles. The van der Waals surface area contributed by atoms with Crippen LogP contribution in [-0.2, 0) is 0 Å². The first-order valence-electron chi connectivity index (χ1n) is 16.6. The minimum atomic E-state index is 0.669. The molecule has 9 rings (SSSR count). The number of nitrogens with zero attached hydrogens (tertiary/aromatic N) is 5. The van der Waals surface area contributed by atoms with Crippen molar-refractivity contribution in [3.63, 3.8) is 0 Å². The fourth-order valence-electron chi connectivity index (χ4n) is 6.67. The fourth-order valence-corrected chi connectivity index (χ4v) is 6.67. The molecule has 234 valence electrons. The molecule has 50 heavy (non-hydrogen) atoms. The first-order valence-corrected chi connectivity index (χ1v) is 16.6. The minimum absolute atomic E-state index is 0.669. The van der Waals surface area contributed by atoms with E-state index in [1.165, 1.54) is 0 Å². The molecule has 0 atom stereocenters. The summed E-state index contributed by atoms with van der Waals surface area (Å²) in [6, 6.07) is 55.7. The highest BCUT2D eigenvalue weighted by Gasteiger charge is 2.21. The fraction of sp³-hybridized carbons (Fsp3) is 0. The smallest absolute Gasteiger partial charge is 0.160 e. The van der Waals surface area contributed by atoms with Crippen molar-refractivity contribution in [3.05, 3.63) is 176 Å². The van der Waals surface area contributed by atoms with Gasteiger partial charge in [0.05, 0.1) is 22.8 Å². The van der Waals surface area contributed by atoms with E-state index in [9.17, 15) is 0 Å². The van der Waals surface area contributed by atoms with Crippen LogP contribution in [0.15, 0.2) is 176 Å². The Hall–Kier alpha value is -6.85. The zero-order valence-electron chi connectivity index (χ0n) is 27.0. The second-order valence-corrected chi connectivity index (χ2v) is 12.1. The summed E-state index contributed by atoms with van der Waals surface area (Å²) >= 11 is 0. The Kier molecular flexibility index (Phi) is 7.41. The predicted molar refractivity (Wildman–Crippen MR) is 203 cm³/mol. The van der Waals surface area contributed by atoms with Crippen molar-refractivity contribution in [1.82, 2.24) is 24.9 Å². The van der Waals surface area contributed by atoms with Crippen molar-refractivity contribution in [2.45, 2.75) is 0 Å². The Balaban J connectivity index is 1.35. The molecule has 3 heterocycles. The van der Waals surface area contributed by atoms with Gasteiger partial charge in [0.2, 0.25) is 0 Å². The number of hydrogen-bond donors (Lipinski definition) is 0. The lowest BCUT2D eigenvalue weighted by atomic mass is 9.89. The summed E-state index contributed by atoms with van der Waals surface area (Å²) < 4.78 is 0. The summed E-state index contributed by atoms with van der Waals surface area (Å²) in [6.45, 7) is 0. The van der Waals surface area contributed by atoms with Crippen LogP contribution in [0.1, 0.15) is 0 Å². The maximum absolute atomic E-state index is 5.25. The maximum Gasteiger partial charge on any atom is 0.160 e. The van der Waals surface area contributed by atoms with Crippen LogP contribution in [0.5, 0.6) is 0 Å². The van der Waals surface area contributed by atoms with Crippen LogP contribution >= 0.6 is 0 Å². The van der Waals surface area contributed by atoms with E-state index in [1.54, 1.807) is 0 Å². The number of pyridine rings is 1. The molecule has 6 aromatic carbocycles. The topological polar surface area (TPSA) is 64.5 Å². The Labute approximate surface area is 289 Å². The molecule has 0 aliphatic heterocycles. The third-order valence-corrected chi connectivity index (χ3v) is 8.99. The molecular formula is C45H29N5. The van der Waals surface area contributed by atoms with E-state index < -0.39 is 0 Å². The Morgan fingerprint density at radius 1 is 0.300 bits per heavy atom. The highest BCUT2D eigenvalue weighted by molar-refractivity contribution is 6.20. The number of hydrogen-bond acceptors (Lipinski definition) is 5. The molecule has 0 bridgehead atoms. The van der Waals surface area contributed by atoms with Crippen LogP contribution in [0.2, 0.25) is 0 Å². The van der Waals surface area contributed by atoms with E-state index in [1.807, 2.05) is 85.2 Å². The molecule has 0 radical (unpaired) electrons. The van der Waals surface area contributed by atoms with Crippen LogP contribution in [0.25, 0.3) is 89.4 Å². The summed E-state index contributed by atoms with van der Waals surface area (Å²) in [5.74, 6) is 1.34. The molecule has 0 fully saturated rings. The summed E-state index contributed by atoms with van der Waals surface area (Å²) in [5.41, 5.74) is 9.40. The SMILES string of the molecule is c1ccc(-c2cc(-c3c4ccccc4c(-c4cc(-c5ccccc5)nc(-c5ccccc5)n4)c4cnccc34)nc(-c3ccccc3)n2)cc1. The molecule has 0 aliphatic carbocycles. The average molecular weight is 640 g/mol. The first-order chi connectivity index (χ1) is 24.8. The van der Waals surface area contributed by atoms with Gasteiger partial charge < -0.3 is 0 Å². The quantitative estimate of drug-likeness (QED) is 0.169. The molecular weight excluding hydrogens is 611 g/mol. The maximum atomic E-state index is 5.25. The number of fused-ring (bicyclic) bond motifs is 2. The van der Waals surface area contributed by atoms with E-state index >= 15 is 0 Å². The Morgan fingerprint density at radius 2 is 0.660 bits per heavy atom. The van der Waals surface area contributed by atoms with Gasteiger partial charge in [0.25, 0.3) is 0 Å². The van der Waals surface area contributed by atoms with Crippen LogP contribution in [0.4, 0.5) is 0 Å². The normalized spacial score (nSPS) is 11.2. The largest absolute Gasteiger partial charge is 0.264 e. The van der Waals surface area contributed by atoms with Gasteiger partial charge in [-0.3, -0.25) is 4.98 Å². The van der Waals surface area contributed by atoms with Gasteiger partial charge in [0.15, 0.2) is 11.6 Å². The second kappa shape index (κ2) is 12.6. The third-order valence-electron chi connectivity index (χ3n) is 8.99.